The highest BCUT2D eigenvalue weighted by Gasteiger charge is 2.54. The highest BCUT2D eigenvalue weighted by molar-refractivity contribution is 5.84. The summed E-state index contributed by atoms with van der Waals surface area (Å²) in [4.78, 5) is 12.9. The number of Topliss-reactive ketones (excluding diaryl/α,β-unsaturated/α-hetero) is 1. The van der Waals surface area contributed by atoms with Gasteiger partial charge in [-0.25, -0.2) is 0 Å². The van der Waals surface area contributed by atoms with Crippen molar-refractivity contribution in [3.05, 3.63) is 0 Å². The van der Waals surface area contributed by atoms with Gasteiger partial charge in [0.1, 0.15) is 5.78 Å². The predicted octanol–water partition coefficient (Wildman–Crippen LogP) is 2.11. The van der Waals surface area contributed by atoms with Crippen molar-refractivity contribution in [3.63, 3.8) is 0 Å². The molecule has 0 amide bonds. The summed E-state index contributed by atoms with van der Waals surface area (Å²) >= 11 is 0. The van der Waals surface area contributed by atoms with Gasteiger partial charge < -0.3 is 10.6 Å². The van der Waals surface area contributed by atoms with Gasteiger partial charge in [-0.1, -0.05) is 34.1 Å². The minimum atomic E-state index is 0.193. The molecule has 3 fully saturated rings. The number of rotatable bonds is 3. The quantitative estimate of drug-likeness (QED) is 0.839. The van der Waals surface area contributed by atoms with E-state index in [4.69, 9.17) is 0 Å². The molecule has 5 unspecified atom stereocenters. The number of nitrogens with one attached hydrogen (secondary N) is 1. The lowest BCUT2D eigenvalue weighted by Gasteiger charge is -2.51. The summed E-state index contributed by atoms with van der Waals surface area (Å²) in [5, 5.41) is 6.45. The van der Waals surface area contributed by atoms with Gasteiger partial charge in [-0.05, 0) is 37.1 Å². The van der Waals surface area contributed by atoms with Crippen molar-refractivity contribution >= 4 is 5.78 Å². The Kier molecular flexibility index (Phi) is 4.66. The van der Waals surface area contributed by atoms with E-state index in [1.807, 2.05) is 0 Å². The topological polar surface area (TPSA) is 45.7 Å². The van der Waals surface area contributed by atoms with Crippen LogP contribution in [-0.2, 0) is 4.79 Å². The van der Waals surface area contributed by atoms with Crippen LogP contribution in [0.2, 0.25) is 0 Å². The molecule has 3 rings (SSSR count). The number of carbonyl (C=O) groups is 1. The Bertz CT molecular complexity index is 418. The number of nitrogens with two attached hydrogens (primary N) is 1. The van der Waals surface area contributed by atoms with E-state index in [2.05, 4.69) is 38.3 Å². The molecule has 3 aliphatic rings. The highest BCUT2D eigenvalue weighted by atomic mass is 16.1. The molecule has 1 heterocycles. The fourth-order valence-corrected chi connectivity index (χ4v) is 5.43. The Labute approximate surface area is 136 Å². The fraction of sp³-hybridized carbons (Fsp3) is 0.947. The summed E-state index contributed by atoms with van der Waals surface area (Å²) in [6.07, 6.45) is 7.38. The first-order valence-electron chi connectivity index (χ1n) is 9.48. The fourth-order valence-electron chi connectivity index (χ4n) is 5.43. The highest BCUT2D eigenvalue weighted by Crippen LogP contribution is 2.41. The molecule has 0 radical (unpaired) electrons. The van der Waals surface area contributed by atoms with E-state index < -0.39 is 0 Å². The lowest BCUT2D eigenvalue weighted by Crippen LogP contribution is -3.02. The summed E-state index contributed by atoms with van der Waals surface area (Å²) < 4.78 is 0. The molecule has 3 N–H and O–H groups in total. The third kappa shape index (κ3) is 3.26. The summed E-state index contributed by atoms with van der Waals surface area (Å²) in [7, 11) is 0. The van der Waals surface area contributed by atoms with Gasteiger partial charge >= 0.3 is 0 Å². The van der Waals surface area contributed by atoms with Crippen molar-refractivity contribution in [3.8, 4) is 0 Å². The van der Waals surface area contributed by atoms with Gasteiger partial charge in [0.25, 0.3) is 0 Å². The molecule has 1 saturated heterocycles. The maximum Gasteiger partial charge on any atom is 0.144 e. The van der Waals surface area contributed by atoms with Crippen molar-refractivity contribution < 1.29 is 10.1 Å². The van der Waals surface area contributed by atoms with Crippen LogP contribution in [0.15, 0.2) is 0 Å². The average Bonchev–Trinajstić information content (AvgIpc) is 2.42. The van der Waals surface area contributed by atoms with Crippen LogP contribution < -0.4 is 10.6 Å². The first-order valence-corrected chi connectivity index (χ1v) is 9.48. The Morgan fingerprint density at radius 1 is 1.23 bits per heavy atom. The smallest absolute Gasteiger partial charge is 0.144 e. The predicted molar refractivity (Wildman–Crippen MR) is 89.6 cm³/mol. The summed E-state index contributed by atoms with van der Waals surface area (Å²) in [6.45, 7) is 10.1. The molecular weight excluding hydrogens is 272 g/mol. The molecule has 3 nitrogen and oxygen atoms in total. The Hall–Kier alpha value is -0.410. The van der Waals surface area contributed by atoms with E-state index in [0.717, 1.165) is 19.0 Å². The molecule has 0 bridgehead atoms. The van der Waals surface area contributed by atoms with Crippen molar-refractivity contribution in [2.24, 2.45) is 23.2 Å². The zero-order valence-corrected chi connectivity index (χ0v) is 14.9. The number of ketones is 1. The van der Waals surface area contributed by atoms with E-state index in [0.29, 0.717) is 29.7 Å². The van der Waals surface area contributed by atoms with E-state index in [1.165, 1.54) is 32.1 Å². The number of piperidine rings is 1. The van der Waals surface area contributed by atoms with Gasteiger partial charge in [-0.2, -0.15) is 0 Å². The second-order valence-electron chi connectivity index (χ2n) is 9.33. The zero-order chi connectivity index (χ0) is 15.9. The molecule has 0 aromatic rings. The van der Waals surface area contributed by atoms with Crippen LogP contribution in [0, 0.1) is 23.2 Å². The van der Waals surface area contributed by atoms with E-state index in [1.54, 1.807) is 0 Å². The van der Waals surface area contributed by atoms with Crippen molar-refractivity contribution in [1.29, 1.82) is 0 Å². The molecule has 3 heteroatoms. The van der Waals surface area contributed by atoms with Crippen LogP contribution in [0.4, 0.5) is 0 Å². The van der Waals surface area contributed by atoms with Crippen LogP contribution in [0.25, 0.3) is 0 Å². The number of hydrogen-bond donors (Lipinski definition) is 2. The lowest BCUT2D eigenvalue weighted by molar-refractivity contribution is -0.747. The number of fused-ring (bicyclic) bond motifs is 2. The van der Waals surface area contributed by atoms with Crippen LogP contribution >= 0.6 is 0 Å². The minimum absolute atomic E-state index is 0.193. The van der Waals surface area contributed by atoms with E-state index in [-0.39, 0.29) is 11.3 Å². The molecule has 2 saturated carbocycles. The lowest BCUT2D eigenvalue weighted by atomic mass is 9.61. The maximum absolute atomic E-state index is 12.9. The van der Waals surface area contributed by atoms with Crippen LogP contribution in [0.1, 0.15) is 66.2 Å². The Morgan fingerprint density at radius 2 is 1.95 bits per heavy atom. The van der Waals surface area contributed by atoms with Gasteiger partial charge in [0.05, 0.1) is 18.0 Å². The molecule has 126 valence electrons. The second kappa shape index (κ2) is 6.24. The number of hydrogen-bond acceptors (Lipinski definition) is 2. The van der Waals surface area contributed by atoms with Crippen LogP contribution in [-0.4, -0.2) is 30.5 Å². The standard InChI is InChI=1S/C19H34N2O/c1-12(2)11-20-18-13-7-5-6-8-14(13)21-15-9-19(3,4)10-16(22)17(15)18/h12-15,17-18,20-21H,5-11H2,1-4H3/p+1. The largest absolute Gasteiger partial charge is 0.340 e. The summed E-state index contributed by atoms with van der Waals surface area (Å²) in [5.41, 5.74) is 0.193. The monoisotopic (exact) mass is 307 g/mol. The normalized spacial score (nSPS) is 41.1. The summed E-state index contributed by atoms with van der Waals surface area (Å²) in [5.74, 6) is 2.15. The molecule has 2 aliphatic carbocycles. The maximum atomic E-state index is 12.9. The van der Waals surface area contributed by atoms with Gasteiger partial charge in [-0.3, -0.25) is 4.79 Å². The van der Waals surface area contributed by atoms with Gasteiger partial charge in [0.2, 0.25) is 0 Å². The number of quaternary nitrogens is 1. The van der Waals surface area contributed by atoms with Crippen molar-refractivity contribution in [2.45, 2.75) is 84.3 Å². The van der Waals surface area contributed by atoms with Crippen LogP contribution in [0.3, 0.4) is 0 Å². The SMILES string of the molecule is CC(C)CNC1C2CCCCC2[NH2+]C2CC(C)(C)CC(=O)C21. The van der Waals surface area contributed by atoms with E-state index in [9.17, 15) is 4.79 Å². The van der Waals surface area contributed by atoms with Gasteiger partial charge in [0, 0.05) is 24.8 Å². The Morgan fingerprint density at radius 3 is 2.68 bits per heavy atom. The molecule has 22 heavy (non-hydrogen) atoms. The molecule has 0 aromatic heterocycles. The van der Waals surface area contributed by atoms with E-state index >= 15 is 0 Å². The average molecular weight is 308 g/mol. The van der Waals surface area contributed by atoms with Crippen LogP contribution in [0.5, 0.6) is 0 Å². The van der Waals surface area contributed by atoms with Crippen molar-refractivity contribution in [2.75, 3.05) is 6.54 Å². The number of carbonyl (C=O) groups excluding carboxylic acids is 1. The third-order valence-electron chi connectivity index (χ3n) is 6.25. The summed E-state index contributed by atoms with van der Waals surface area (Å²) in [6, 6.07) is 1.70. The van der Waals surface area contributed by atoms with Gasteiger partial charge in [0.15, 0.2) is 0 Å². The second-order valence-corrected chi connectivity index (χ2v) is 9.33. The molecule has 0 spiro atoms. The first-order chi connectivity index (χ1) is 10.4. The van der Waals surface area contributed by atoms with Crippen molar-refractivity contribution in [1.82, 2.24) is 5.32 Å². The molecule has 5 atom stereocenters. The third-order valence-corrected chi connectivity index (χ3v) is 6.25. The Balaban J connectivity index is 1.83. The molecule has 1 aliphatic heterocycles. The zero-order valence-electron chi connectivity index (χ0n) is 14.9. The molecular formula is C19H35N2O+. The molecule has 0 aromatic carbocycles. The first kappa shape index (κ1) is 16.4. The minimum Gasteiger partial charge on any atom is -0.340 e. The van der Waals surface area contributed by atoms with Gasteiger partial charge in [-0.15, -0.1) is 0 Å².